The average Bonchev–Trinajstić information content (AvgIpc) is 3.27. The predicted octanol–water partition coefficient (Wildman–Crippen LogP) is 4.01. The number of benzene rings is 1. The number of nitrogens with one attached hydrogen (secondary N) is 1. The first-order chi connectivity index (χ1) is 13.8. The standard InChI is InChI=1S/C22H32N2O4/c1-4-27-22-20(25-2)13-17(14-21(22)26-3)15-23-16-18(19-9-8-12-28-19)24-10-6-5-7-11-24/h8-9,12-14,18,23H,4-7,10-11,15-16H2,1-3H3. The van der Waals surface area contributed by atoms with Gasteiger partial charge in [0, 0.05) is 13.1 Å². The van der Waals surface area contributed by atoms with Crippen molar-refractivity contribution in [3.63, 3.8) is 0 Å². The van der Waals surface area contributed by atoms with Crippen molar-refractivity contribution in [3.8, 4) is 17.2 Å². The van der Waals surface area contributed by atoms with Crippen LogP contribution >= 0.6 is 0 Å². The van der Waals surface area contributed by atoms with Gasteiger partial charge in [0.15, 0.2) is 11.5 Å². The van der Waals surface area contributed by atoms with Crippen LogP contribution in [0.4, 0.5) is 0 Å². The third kappa shape index (κ3) is 5.00. The highest BCUT2D eigenvalue weighted by Gasteiger charge is 2.24. The van der Waals surface area contributed by atoms with Crippen LogP contribution < -0.4 is 19.5 Å². The van der Waals surface area contributed by atoms with E-state index in [1.807, 2.05) is 25.1 Å². The van der Waals surface area contributed by atoms with Crippen molar-refractivity contribution in [1.29, 1.82) is 0 Å². The van der Waals surface area contributed by atoms with E-state index >= 15 is 0 Å². The summed E-state index contributed by atoms with van der Waals surface area (Å²) in [6, 6.07) is 8.30. The van der Waals surface area contributed by atoms with E-state index in [1.54, 1.807) is 20.5 Å². The summed E-state index contributed by atoms with van der Waals surface area (Å²) in [5.41, 5.74) is 1.09. The Morgan fingerprint density at radius 2 is 1.82 bits per heavy atom. The molecular weight excluding hydrogens is 356 g/mol. The zero-order chi connectivity index (χ0) is 19.8. The lowest BCUT2D eigenvalue weighted by Crippen LogP contribution is -2.38. The molecule has 0 amide bonds. The molecule has 1 aromatic carbocycles. The smallest absolute Gasteiger partial charge is 0.203 e. The second kappa shape index (κ2) is 10.4. The van der Waals surface area contributed by atoms with Gasteiger partial charge in [-0.05, 0) is 62.7 Å². The Morgan fingerprint density at radius 3 is 2.39 bits per heavy atom. The predicted molar refractivity (Wildman–Crippen MR) is 109 cm³/mol. The third-order valence-corrected chi connectivity index (χ3v) is 5.18. The fourth-order valence-corrected chi connectivity index (χ4v) is 3.80. The van der Waals surface area contributed by atoms with Gasteiger partial charge in [-0.2, -0.15) is 0 Å². The number of rotatable bonds is 10. The zero-order valence-corrected chi connectivity index (χ0v) is 17.2. The van der Waals surface area contributed by atoms with Crippen LogP contribution in [0.5, 0.6) is 17.2 Å². The molecule has 6 heteroatoms. The monoisotopic (exact) mass is 388 g/mol. The van der Waals surface area contributed by atoms with Crippen molar-refractivity contribution in [2.45, 2.75) is 38.8 Å². The second-order valence-corrected chi connectivity index (χ2v) is 7.02. The van der Waals surface area contributed by atoms with Crippen molar-refractivity contribution in [1.82, 2.24) is 10.2 Å². The van der Waals surface area contributed by atoms with Gasteiger partial charge in [-0.25, -0.2) is 0 Å². The van der Waals surface area contributed by atoms with Crippen LogP contribution in [0.1, 0.15) is 43.6 Å². The lowest BCUT2D eigenvalue weighted by molar-refractivity contribution is 0.142. The number of hydrogen-bond acceptors (Lipinski definition) is 6. The fourth-order valence-electron chi connectivity index (χ4n) is 3.80. The van der Waals surface area contributed by atoms with Gasteiger partial charge in [0.05, 0.1) is 33.1 Å². The molecule has 2 aromatic rings. The minimum atomic E-state index is 0.252. The summed E-state index contributed by atoms with van der Waals surface area (Å²) < 4.78 is 22.4. The average molecular weight is 389 g/mol. The van der Waals surface area contributed by atoms with Crippen molar-refractivity contribution in [2.24, 2.45) is 0 Å². The molecule has 0 bridgehead atoms. The largest absolute Gasteiger partial charge is 0.493 e. The van der Waals surface area contributed by atoms with E-state index in [4.69, 9.17) is 18.6 Å². The Kier molecular flexibility index (Phi) is 7.62. The highest BCUT2D eigenvalue weighted by atomic mass is 16.5. The van der Waals surface area contributed by atoms with E-state index in [1.165, 1.54) is 19.3 Å². The van der Waals surface area contributed by atoms with E-state index in [0.29, 0.717) is 30.4 Å². The SMILES string of the molecule is CCOc1c(OC)cc(CNCC(c2ccco2)N2CCCCC2)cc1OC. The Hall–Kier alpha value is -2.18. The van der Waals surface area contributed by atoms with Gasteiger partial charge in [0.1, 0.15) is 5.76 Å². The Morgan fingerprint density at radius 1 is 1.11 bits per heavy atom. The molecule has 1 aliphatic rings. The molecule has 0 radical (unpaired) electrons. The van der Waals surface area contributed by atoms with Crippen LogP contribution in [-0.4, -0.2) is 45.4 Å². The summed E-state index contributed by atoms with van der Waals surface area (Å²) in [6.45, 7) is 6.29. The highest BCUT2D eigenvalue weighted by Crippen LogP contribution is 2.38. The van der Waals surface area contributed by atoms with Crippen LogP contribution in [0.15, 0.2) is 34.9 Å². The van der Waals surface area contributed by atoms with Crippen LogP contribution in [-0.2, 0) is 6.54 Å². The van der Waals surface area contributed by atoms with E-state index in [-0.39, 0.29) is 6.04 Å². The molecule has 2 heterocycles. The maximum atomic E-state index is 5.73. The third-order valence-electron chi connectivity index (χ3n) is 5.18. The lowest BCUT2D eigenvalue weighted by Gasteiger charge is -2.33. The molecule has 6 nitrogen and oxygen atoms in total. The number of ether oxygens (including phenoxy) is 3. The van der Waals surface area contributed by atoms with Gasteiger partial charge in [-0.3, -0.25) is 4.90 Å². The number of likely N-dealkylation sites (tertiary alicyclic amines) is 1. The molecule has 3 rings (SSSR count). The summed E-state index contributed by atoms with van der Waals surface area (Å²) in [5.74, 6) is 3.06. The Labute approximate surface area is 167 Å². The molecule has 1 fully saturated rings. The number of hydrogen-bond donors (Lipinski definition) is 1. The van der Waals surface area contributed by atoms with E-state index in [0.717, 1.165) is 31.0 Å². The van der Waals surface area contributed by atoms with E-state index in [9.17, 15) is 0 Å². The summed E-state index contributed by atoms with van der Waals surface area (Å²) in [6.07, 6.45) is 5.59. The number of piperidine rings is 1. The molecule has 0 spiro atoms. The molecule has 1 aromatic heterocycles. The lowest BCUT2D eigenvalue weighted by atomic mass is 10.1. The van der Waals surface area contributed by atoms with Crippen molar-refractivity contribution >= 4 is 0 Å². The van der Waals surface area contributed by atoms with Crippen molar-refractivity contribution < 1.29 is 18.6 Å². The molecule has 0 aliphatic carbocycles. The minimum Gasteiger partial charge on any atom is -0.493 e. The van der Waals surface area contributed by atoms with Crippen LogP contribution in [0.25, 0.3) is 0 Å². The van der Waals surface area contributed by atoms with Crippen molar-refractivity contribution in [3.05, 3.63) is 41.9 Å². The molecule has 154 valence electrons. The zero-order valence-electron chi connectivity index (χ0n) is 17.2. The minimum absolute atomic E-state index is 0.252. The second-order valence-electron chi connectivity index (χ2n) is 7.02. The van der Waals surface area contributed by atoms with Crippen LogP contribution in [0.3, 0.4) is 0 Å². The van der Waals surface area contributed by atoms with Gasteiger partial charge in [0.25, 0.3) is 0 Å². The topological polar surface area (TPSA) is 56.1 Å². The number of nitrogens with zero attached hydrogens (tertiary/aromatic N) is 1. The van der Waals surface area contributed by atoms with Crippen LogP contribution in [0, 0.1) is 0 Å². The molecule has 28 heavy (non-hydrogen) atoms. The molecule has 1 aliphatic heterocycles. The first kappa shape index (κ1) is 20.6. The van der Waals surface area contributed by atoms with Crippen molar-refractivity contribution in [2.75, 3.05) is 40.5 Å². The molecule has 1 N–H and O–H groups in total. The summed E-state index contributed by atoms with van der Waals surface area (Å²) in [7, 11) is 3.30. The van der Waals surface area contributed by atoms with Gasteiger partial charge in [-0.15, -0.1) is 0 Å². The van der Waals surface area contributed by atoms with Crippen LogP contribution in [0.2, 0.25) is 0 Å². The Balaban J connectivity index is 1.68. The van der Waals surface area contributed by atoms with E-state index < -0.39 is 0 Å². The van der Waals surface area contributed by atoms with Gasteiger partial charge in [0.2, 0.25) is 5.75 Å². The fraction of sp³-hybridized carbons (Fsp3) is 0.545. The maximum absolute atomic E-state index is 5.73. The first-order valence-electron chi connectivity index (χ1n) is 10.1. The summed E-state index contributed by atoms with van der Waals surface area (Å²) in [4.78, 5) is 2.52. The molecule has 1 atom stereocenters. The normalized spacial score (nSPS) is 16.0. The molecular formula is C22H32N2O4. The quantitative estimate of drug-likeness (QED) is 0.664. The number of methoxy groups -OCH3 is 2. The molecule has 1 unspecified atom stereocenters. The first-order valence-corrected chi connectivity index (χ1v) is 10.1. The molecule has 0 saturated carbocycles. The highest BCUT2D eigenvalue weighted by molar-refractivity contribution is 5.53. The van der Waals surface area contributed by atoms with Gasteiger partial charge in [-0.1, -0.05) is 6.42 Å². The summed E-state index contributed by atoms with van der Waals surface area (Å²) in [5, 5.41) is 3.59. The summed E-state index contributed by atoms with van der Waals surface area (Å²) >= 11 is 0. The van der Waals surface area contributed by atoms with E-state index in [2.05, 4.69) is 16.3 Å². The number of furan rings is 1. The van der Waals surface area contributed by atoms with Gasteiger partial charge >= 0.3 is 0 Å². The molecule has 1 saturated heterocycles. The van der Waals surface area contributed by atoms with Gasteiger partial charge < -0.3 is 23.9 Å². The Bertz CT molecular complexity index is 686. The maximum Gasteiger partial charge on any atom is 0.203 e.